The molecule has 5 nitrogen and oxygen atoms in total. The first-order valence-corrected chi connectivity index (χ1v) is 4.86. The number of hydrogen-bond donors (Lipinski definition) is 0. The number of hydrogen-bond acceptors (Lipinski definition) is 4. The van der Waals surface area contributed by atoms with Crippen molar-refractivity contribution in [2.75, 3.05) is 7.11 Å². The topological polar surface area (TPSA) is 69.4 Å². The average molecular weight is 294 g/mol. The van der Waals surface area contributed by atoms with Crippen LogP contribution in [-0.2, 0) is 0 Å². The molecular weight excluding hydrogens is 289 g/mol. The molecule has 15 heavy (non-hydrogen) atoms. The van der Waals surface area contributed by atoms with E-state index in [0.717, 1.165) is 0 Å². The van der Waals surface area contributed by atoms with E-state index in [4.69, 9.17) is 16.3 Å². The van der Waals surface area contributed by atoms with Crippen LogP contribution in [0, 0.1) is 10.1 Å². The summed E-state index contributed by atoms with van der Waals surface area (Å²) in [5.41, 5.74) is -0.566. The van der Waals surface area contributed by atoms with Crippen LogP contribution in [0.1, 0.15) is 10.4 Å². The van der Waals surface area contributed by atoms with Crippen molar-refractivity contribution in [3.05, 3.63) is 32.3 Å². The van der Waals surface area contributed by atoms with Crippen molar-refractivity contribution in [3.63, 3.8) is 0 Å². The van der Waals surface area contributed by atoms with Crippen molar-refractivity contribution < 1.29 is 14.5 Å². The van der Waals surface area contributed by atoms with Gasteiger partial charge in [0, 0.05) is 6.07 Å². The minimum absolute atomic E-state index is 0.149. The molecule has 0 fully saturated rings. The average Bonchev–Trinajstić information content (AvgIpc) is 2.15. The number of carbonyl (C=O) groups is 1. The number of methoxy groups -OCH3 is 1. The van der Waals surface area contributed by atoms with Gasteiger partial charge in [0.2, 0.25) is 0 Å². The monoisotopic (exact) mass is 293 g/mol. The van der Waals surface area contributed by atoms with E-state index < -0.39 is 10.2 Å². The van der Waals surface area contributed by atoms with Gasteiger partial charge in [0.15, 0.2) is 0 Å². The number of halogens is 2. The Labute approximate surface area is 98.3 Å². The summed E-state index contributed by atoms with van der Waals surface area (Å²) in [6.07, 6.45) is 0. The standard InChI is InChI=1S/C8H5BrClNO4/c1-15-4-2-5(8(10)12)7(11(13)14)6(9)3-4/h2-3H,1H3. The molecule has 0 radical (unpaired) electrons. The molecule has 0 aliphatic carbocycles. The molecule has 1 aromatic rings. The van der Waals surface area contributed by atoms with Crippen LogP contribution in [-0.4, -0.2) is 17.3 Å². The van der Waals surface area contributed by atoms with E-state index in [1.54, 1.807) is 0 Å². The van der Waals surface area contributed by atoms with Gasteiger partial charge in [-0.3, -0.25) is 14.9 Å². The number of rotatable bonds is 3. The molecule has 0 aromatic heterocycles. The van der Waals surface area contributed by atoms with Gasteiger partial charge in [-0.05, 0) is 33.6 Å². The van der Waals surface area contributed by atoms with E-state index in [1.807, 2.05) is 0 Å². The largest absolute Gasteiger partial charge is 0.497 e. The summed E-state index contributed by atoms with van der Waals surface area (Å²) < 4.78 is 5.01. The summed E-state index contributed by atoms with van der Waals surface area (Å²) in [6.45, 7) is 0. The van der Waals surface area contributed by atoms with Gasteiger partial charge in [0.25, 0.3) is 10.9 Å². The SMILES string of the molecule is COc1cc(Br)c([N+](=O)[O-])c(C(=O)Cl)c1. The van der Waals surface area contributed by atoms with E-state index in [9.17, 15) is 14.9 Å². The number of nitro benzene ring substituents is 1. The number of nitrogens with zero attached hydrogens (tertiary/aromatic N) is 1. The molecule has 0 bridgehead atoms. The zero-order valence-electron chi connectivity index (χ0n) is 7.49. The fourth-order valence-electron chi connectivity index (χ4n) is 1.03. The smallest absolute Gasteiger partial charge is 0.295 e. The fraction of sp³-hybridized carbons (Fsp3) is 0.125. The Balaban J connectivity index is 3.49. The van der Waals surface area contributed by atoms with E-state index in [1.165, 1.54) is 19.2 Å². The van der Waals surface area contributed by atoms with Crippen LogP contribution in [0.4, 0.5) is 5.69 Å². The van der Waals surface area contributed by atoms with Gasteiger partial charge in [-0.1, -0.05) is 0 Å². The number of nitro groups is 1. The number of ether oxygens (including phenoxy) is 1. The Morgan fingerprint density at radius 1 is 1.60 bits per heavy atom. The highest BCUT2D eigenvalue weighted by Gasteiger charge is 2.24. The van der Waals surface area contributed by atoms with Crippen molar-refractivity contribution in [1.82, 2.24) is 0 Å². The lowest BCUT2D eigenvalue weighted by Crippen LogP contribution is -2.00. The zero-order chi connectivity index (χ0) is 11.6. The predicted molar refractivity (Wildman–Crippen MR) is 57.5 cm³/mol. The van der Waals surface area contributed by atoms with E-state index >= 15 is 0 Å². The summed E-state index contributed by atoms with van der Waals surface area (Å²) in [6, 6.07) is 2.61. The Kier molecular flexibility index (Phi) is 3.65. The highest BCUT2D eigenvalue weighted by atomic mass is 79.9. The minimum Gasteiger partial charge on any atom is -0.497 e. The van der Waals surface area contributed by atoms with E-state index in [0.29, 0.717) is 5.75 Å². The second-order valence-electron chi connectivity index (χ2n) is 2.54. The highest BCUT2D eigenvalue weighted by molar-refractivity contribution is 9.10. The molecule has 0 heterocycles. The molecule has 0 saturated heterocycles. The summed E-state index contributed by atoms with van der Waals surface area (Å²) in [5, 5.41) is 9.77. The Bertz CT molecular complexity index is 435. The van der Waals surface area contributed by atoms with Crippen molar-refractivity contribution in [1.29, 1.82) is 0 Å². The van der Waals surface area contributed by atoms with Crippen LogP contribution in [0.2, 0.25) is 0 Å². The third-order valence-electron chi connectivity index (χ3n) is 1.67. The highest BCUT2D eigenvalue weighted by Crippen LogP contribution is 2.34. The molecule has 1 rings (SSSR count). The van der Waals surface area contributed by atoms with Crippen molar-refractivity contribution in [2.45, 2.75) is 0 Å². The first-order chi connectivity index (χ1) is 6.97. The lowest BCUT2D eigenvalue weighted by molar-refractivity contribution is -0.385. The molecule has 0 aliphatic rings. The van der Waals surface area contributed by atoms with Gasteiger partial charge in [-0.25, -0.2) is 0 Å². The molecule has 1 aromatic carbocycles. The summed E-state index contributed by atoms with van der Waals surface area (Å²) in [4.78, 5) is 21.0. The summed E-state index contributed by atoms with van der Waals surface area (Å²) in [5.74, 6) is 0.316. The molecule has 0 spiro atoms. The maximum atomic E-state index is 11.0. The number of benzene rings is 1. The third-order valence-corrected chi connectivity index (χ3v) is 2.48. The van der Waals surface area contributed by atoms with Crippen LogP contribution >= 0.6 is 27.5 Å². The first kappa shape index (κ1) is 11.9. The molecule has 0 amide bonds. The van der Waals surface area contributed by atoms with E-state index in [-0.39, 0.29) is 15.7 Å². The number of carbonyl (C=O) groups excluding carboxylic acids is 1. The maximum absolute atomic E-state index is 11.0. The van der Waals surface area contributed by atoms with Gasteiger partial charge >= 0.3 is 0 Å². The van der Waals surface area contributed by atoms with Crippen molar-refractivity contribution >= 4 is 38.5 Å². The normalized spacial score (nSPS) is 9.80. The Morgan fingerprint density at radius 3 is 2.60 bits per heavy atom. The van der Waals surface area contributed by atoms with Crippen LogP contribution in [0.5, 0.6) is 5.75 Å². The molecule has 0 atom stereocenters. The molecule has 0 saturated carbocycles. The maximum Gasteiger partial charge on any atom is 0.295 e. The minimum atomic E-state index is -0.902. The van der Waals surface area contributed by atoms with Gasteiger partial charge in [-0.15, -0.1) is 0 Å². The molecule has 0 N–H and O–H groups in total. The quantitative estimate of drug-likeness (QED) is 0.488. The van der Waals surface area contributed by atoms with Gasteiger partial charge < -0.3 is 4.74 Å². The molecule has 7 heteroatoms. The zero-order valence-corrected chi connectivity index (χ0v) is 9.83. The lowest BCUT2D eigenvalue weighted by Gasteiger charge is -2.04. The molecule has 0 unspecified atom stereocenters. The van der Waals surface area contributed by atoms with Gasteiger partial charge in [0.05, 0.1) is 16.5 Å². The third kappa shape index (κ3) is 2.45. The van der Waals surface area contributed by atoms with Gasteiger partial charge in [0.1, 0.15) is 11.3 Å². The summed E-state index contributed by atoms with van der Waals surface area (Å²) in [7, 11) is 1.39. The summed E-state index contributed by atoms with van der Waals surface area (Å²) >= 11 is 8.21. The van der Waals surface area contributed by atoms with E-state index in [2.05, 4.69) is 15.9 Å². The Hall–Kier alpha value is -1.14. The molecular formula is C8H5BrClNO4. The molecule has 0 aliphatic heterocycles. The molecule has 80 valence electrons. The first-order valence-electron chi connectivity index (χ1n) is 3.69. The van der Waals surface area contributed by atoms with Crippen LogP contribution in [0.3, 0.4) is 0 Å². The van der Waals surface area contributed by atoms with Crippen LogP contribution in [0.15, 0.2) is 16.6 Å². The second kappa shape index (κ2) is 4.59. The van der Waals surface area contributed by atoms with Crippen molar-refractivity contribution in [3.8, 4) is 5.75 Å². The van der Waals surface area contributed by atoms with Crippen LogP contribution < -0.4 is 4.74 Å². The Morgan fingerprint density at radius 2 is 2.20 bits per heavy atom. The van der Waals surface area contributed by atoms with Gasteiger partial charge in [-0.2, -0.15) is 0 Å². The second-order valence-corrected chi connectivity index (χ2v) is 3.73. The van der Waals surface area contributed by atoms with Crippen LogP contribution in [0.25, 0.3) is 0 Å². The predicted octanol–water partition coefficient (Wildman–Crippen LogP) is 2.74. The fourth-order valence-corrected chi connectivity index (χ4v) is 1.76. The lowest BCUT2D eigenvalue weighted by atomic mass is 10.2. The van der Waals surface area contributed by atoms with Crippen molar-refractivity contribution in [2.24, 2.45) is 0 Å².